The Bertz CT molecular complexity index is 1250. The van der Waals surface area contributed by atoms with Crippen molar-refractivity contribution >= 4 is 22.6 Å². The van der Waals surface area contributed by atoms with E-state index in [2.05, 4.69) is 25.2 Å². The molecule has 0 radical (unpaired) electrons. The first kappa shape index (κ1) is 21.5. The zero-order valence-electron chi connectivity index (χ0n) is 18.6. The maximum Gasteiger partial charge on any atom is 0.270 e. The lowest BCUT2D eigenvalue weighted by Crippen LogP contribution is -2.46. The van der Waals surface area contributed by atoms with Crippen LogP contribution in [0.4, 0.5) is 10.1 Å². The quantitative estimate of drug-likeness (QED) is 0.560. The van der Waals surface area contributed by atoms with Crippen LogP contribution in [-0.2, 0) is 13.0 Å². The molecule has 1 aliphatic heterocycles. The van der Waals surface area contributed by atoms with Crippen molar-refractivity contribution in [2.24, 2.45) is 0 Å². The zero-order valence-corrected chi connectivity index (χ0v) is 18.6. The first-order valence-corrected chi connectivity index (χ1v) is 11.5. The molecule has 1 saturated carbocycles. The van der Waals surface area contributed by atoms with Gasteiger partial charge in [0, 0.05) is 50.5 Å². The van der Waals surface area contributed by atoms with Gasteiger partial charge in [-0.25, -0.2) is 4.98 Å². The molecular weight excluding hydrogens is 423 g/mol. The number of aryl methyl sites for hydroxylation is 1. The van der Waals surface area contributed by atoms with E-state index < -0.39 is 5.95 Å². The van der Waals surface area contributed by atoms with Gasteiger partial charge in [0.1, 0.15) is 5.69 Å². The van der Waals surface area contributed by atoms with E-state index in [1.54, 1.807) is 12.1 Å². The van der Waals surface area contributed by atoms with E-state index in [9.17, 15) is 14.0 Å². The number of hydrogen-bond donors (Lipinski definition) is 2. The van der Waals surface area contributed by atoms with Crippen LogP contribution < -0.4 is 15.8 Å². The first-order chi connectivity index (χ1) is 16.0. The lowest BCUT2D eigenvalue weighted by atomic mass is 10.1. The van der Waals surface area contributed by atoms with Crippen molar-refractivity contribution in [3.05, 3.63) is 63.6 Å². The molecule has 8 nitrogen and oxygen atoms in total. The summed E-state index contributed by atoms with van der Waals surface area (Å²) in [4.78, 5) is 39.8. The predicted octanol–water partition coefficient (Wildman–Crippen LogP) is 2.23. The smallest absolute Gasteiger partial charge is 0.270 e. The topological polar surface area (TPSA) is 94.2 Å². The number of hydrogen-bond acceptors (Lipinski definition) is 6. The molecule has 33 heavy (non-hydrogen) atoms. The van der Waals surface area contributed by atoms with Gasteiger partial charge in [0.2, 0.25) is 5.95 Å². The molecule has 1 saturated heterocycles. The molecule has 3 aromatic heterocycles. The highest BCUT2D eigenvalue weighted by molar-refractivity contribution is 5.92. The molecule has 0 spiro atoms. The molecule has 3 aromatic rings. The van der Waals surface area contributed by atoms with Crippen LogP contribution in [0.5, 0.6) is 0 Å². The minimum Gasteiger partial charge on any atom is -0.365 e. The third kappa shape index (κ3) is 4.73. The fourth-order valence-corrected chi connectivity index (χ4v) is 4.20. The summed E-state index contributed by atoms with van der Waals surface area (Å²) in [5.41, 5.74) is 3.77. The Balaban J connectivity index is 1.21. The average Bonchev–Trinajstić information content (AvgIpc) is 3.63. The van der Waals surface area contributed by atoms with Gasteiger partial charge in [-0.1, -0.05) is 6.92 Å². The number of H-pyrrole nitrogens is 1. The van der Waals surface area contributed by atoms with Gasteiger partial charge in [0.15, 0.2) is 0 Å². The summed E-state index contributed by atoms with van der Waals surface area (Å²) in [6.45, 7) is 5.48. The third-order valence-electron chi connectivity index (χ3n) is 6.30. The number of carbonyl (C=O) groups excluding carboxylic acids is 1. The fraction of sp³-hybridized carbons (Fsp3) is 0.417. The van der Waals surface area contributed by atoms with Gasteiger partial charge in [-0.2, -0.15) is 4.39 Å². The molecule has 2 fully saturated rings. The molecule has 0 atom stereocenters. The van der Waals surface area contributed by atoms with Crippen molar-refractivity contribution in [1.82, 2.24) is 25.2 Å². The van der Waals surface area contributed by atoms with Gasteiger partial charge >= 0.3 is 0 Å². The number of aromatic amines is 1. The van der Waals surface area contributed by atoms with Gasteiger partial charge in [0.05, 0.1) is 16.7 Å². The minimum absolute atomic E-state index is 0.0655. The molecular formula is C24H27FN6O2. The molecule has 5 rings (SSSR count). The first-order valence-electron chi connectivity index (χ1n) is 11.5. The number of aromatic nitrogens is 3. The lowest BCUT2D eigenvalue weighted by molar-refractivity contribution is 0.0945. The van der Waals surface area contributed by atoms with Crippen LogP contribution in [0.3, 0.4) is 0 Å². The van der Waals surface area contributed by atoms with Gasteiger partial charge in [0.25, 0.3) is 11.5 Å². The molecule has 2 N–H and O–H groups in total. The lowest BCUT2D eigenvalue weighted by Gasteiger charge is -2.36. The van der Waals surface area contributed by atoms with Crippen molar-refractivity contribution < 1.29 is 9.18 Å². The van der Waals surface area contributed by atoms with Gasteiger partial charge in [-0.3, -0.25) is 19.5 Å². The van der Waals surface area contributed by atoms with Crippen LogP contribution in [0.1, 0.15) is 41.4 Å². The predicted molar refractivity (Wildman–Crippen MR) is 124 cm³/mol. The molecule has 9 heteroatoms. The van der Waals surface area contributed by atoms with E-state index in [0.29, 0.717) is 31.7 Å². The van der Waals surface area contributed by atoms with Gasteiger partial charge in [-0.05, 0) is 49.1 Å². The minimum atomic E-state index is -0.610. The SMILES string of the molecule is CCc1cc2ncc(CN3CCN(c4ccc(C(=O)NC5CC5)nc4F)CC3)cc2[nH]c1=O. The number of carbonyl (C=O) groups is 1. The molecule has 4 heterocycles. The molecule has 1 amide bonds. The highest BCUT2D eigenvalue weighted by atomic mass is 19.1. The van der Waals surface area contributed by atoms with Crippen LogP contribution in [0.25, 0.3) is 11.0 Å². The van der Waals surface area contributed by atoms with Gasteiger partial charge in [-0.15, -0.1) is 0 Å². The summed E-state index contributed by atoms with van der Waals surface area (Å²) in [6, 6.07) is 7.27. The summed E-state index contributed by atoms with van der Waals surface area (Å²) >= 11 is 0. The summed E-state index contributed by atoms with van der Waals surface area (Å²) in [6.07, 6.45) is 4.47. The summed E-state index contributed by atoms with van der Waals surface area (Å²) in [7, 11) is 0. The van der Waals surface area contributed by atoms with Crippen LogP contribution in [0.15, 0.2) is 35.3 Å². The second kappa shape index (κ2) is 8.90. The Labute approximate surface area is 190 Å². The normalized spacial score (nSPS) is 16.8. The van der Waals surface area contributed by atoms with Crippen molar-refractivity contribution in [2.45, 2.75) is 38.8 Å². The number of nitrogens with one attached hydrogen (secondary N) is 2. The van der Waals surface area contributed by atoms with Crippen molar-refractivity contribution in [2.75, 3.05) is 31.1 Å². The second-order valence-corrected chi connectivity index (χ2v) is 8.77. The van der Waals surface area contributed by atoms with E-state index in [-0.39, 0.29) is 23.2 Å². The van der Waals surface area contributed by atoms with E-state index >= 15 is 0 Å². The van der Waals surface area contributed by atoms with E-state index in [1.807, 2.05) is 30.2 Å². The Kier molecular flexibility index (Phi) is 5.80. The summed E-state index contributed by atoms with van der Waals surface area (Å²) in [5, 5.41) is 2.83. The summed E-state index contributed by atoms with van der Waals surface area (Å²) in [5.74, 6) is -0.926. The highest BCUT2D eigenvalue weighted by Crippen LogP contribution is 2.22. The van der Waals surface area contributed by atoms with Crippen molar-refractivity contribution in [1.29, 1.82) is 0 Å². The Morgan fingerprint density at radius 1 is 1.21 bits per heavy atom. The van der Waals surface area contributed by atoms with Crippen LogP contribution in [0, 0.1) is 5.95 Å². The molecule has 0 bridgehead atoms. The molecule has 0 unspecified atom stereocenters. The van der Waals surface area contributed by atoms with Gasteiger partial charge < -0.3 is 15.2 Å². The van der Waals surface area contributed by atoms with Crippen LogP contribution >= 0.6 is 0 Å². The number of pyridine rings is 3. The monoisotopic (exact) mass is 450 g/mol. The van der Waals surface area contributed by atoms with E-state index in [1.165, 1.54) is 0 Å². The van der Waals surface area contributed by atoms with E-state index in [0.717, 1.165) is 48.1 Å². The Morgan fingerprint density at radius 2 is 2.00 bits per heavy atom. The number of halogens is 1. The highest BCUT2D eigenvalue weighted by Gasteiger charge is 2.26. The number of anilines is 1. The van der Waals surface area contributed by atoms with Crippen LogP contribution in [-0.4, -0.2) is 58.0 Å². The number of amides is 1. The molecule has 172 valence electrons. The van der Waals surface area contributed by atoms with Crippen molar-refractivity contribution in [3.8, 4) is 0 Å². The van der Waals surface area contributed by atoms with E-state index in [4.69, 9.17) is 0 Å². The third-order valence-corrected chi connectivity index (χ3v) is 6.30. The molecule has 2 aliphatic rings. The number of piperazine rings is 1. The second-order valence-electron chi connectivity index (χ2n) is 8.77. The Morgan fingerprint density at radius 3 is 2.70 bits per heavy atom. The fourth-order valence-electron chi connectivity index (χ4n) is 4.20. The standard InChI is InChI=1S/C24H27FN6O2/c1-2-16-12-19-20(29-23(16)32)11-15(13-26-19)14-30-7-9-31(10-8-30)21-6-5-18(28-22(21)25)24(33)27-17-3-4-17/h5-6,11-13,17H,2-4,7-10,14H2,1H3,(H,27,33)(H,29,32). The molecule has 0 aromatic carbocycles. The largest absolute Gasteiger partial charge is 0.365 e. The zero-order chi connectivity index (χ0) is 22.9. The maximum atomic E-state index is 14.6. The summed E-state index contributed by atoms with van der Waals surface area (Å²) < 4.78 is 14.6. The van der Waals surface area contributed by atoms with Crippen molar-refractivity contribution in [3.63, 3.8) is 0 Å². The number of fused-ring (bicyclic) bond motifs is 1. The maximum absolute atomic E-state index is 14.6. The molecule has 1 aliphatic carbocycles. The average molecular weight is 451 g/mol. The number of nitrogens with zero attached hydrogens (tertiary/aromatic N) is 4. The van der Waals surface area contributed by atoms with Crippen LogP contribution in [0.2, 0.25) is 0 Å². The number of rotatable bonds is 6. The Hall–Kier alpha value is -3.33.